The zero-order valence-electron chi connectivity index (χ0n) is 28.4. The lowest BCUT2D eigenvalue weighted by molar-refractivity contribution is -0.143. The van der Waals surface area contributed by atoms with Crippen molar-refractivity contribution < 1.29 is 50.2 Å². The van der Waals surface area contributed by atoms with Gasteiger partial charge in [0.2, 0.25) is 11.8 Å². The van der Waals surface area contributed by atoms with E-state index in [0.29, 0.717) is 29.8 Å². The lowest BCUT2D eigenvalue weighted by Gasteiger charge is -2.54. The van der Waals surface area contributed by atoms with Crippen molar-refractivity contribution in [3.8, 4) is 0 Å². The molecule has 3 amide bonds. The Morgan fingerprint density at radius 1 is 0.962 bits per heavy atom. The Morgan fingerprint density at radius 3 is 2.13 bits per heavy atom. The number of carbonyl (C=O) groups is 3. The molecule has 0 bridgehead atoms. The maximum atomic E-state index is 14.3. The number of rotatable bonds is 11. The first-order chi connectivity index (χ1) is 24.6. The Balaban J connectivity index is 1.58. The Labute approximate surface area is 296 Å². The predicted molar refractivity (Wildman–Crippen MR) is 177 cm³/mol. The fourth-order valence-electron chi connectivity index (χ4n) is 6.86. The monoisotopic (exact) mass is 732 g/mol. The Hall–Kier alpha value is -4.92. The summed E-state index contributed by atoms with van der Waals surface area (Å²) in [6, 6.07) is 18.7. The van der Waals surface area contributed by atoms with E-state index in [1.807, 2.05) is 0 Å². The van der Waals surface area contributed by atoms with E-state index in [1.54, 1.807) is 67.6 Å². The summed E-state index contributed by atoms with van der Waals surface area (Å²) in [7, 11) is 0. The molecule has 52 heavy (non-hydrogen) atoms. The minimum atomic E-state index is -5.06. The van der Waals surface area contributed by atoms with Gasteiger partial charge in [0, 0.05) is 31.1 Å². The summed E-state index contributed by atoms with van der Waals surface area (Å²) in [6.45, 7) is 2.64. The minimum absolute atomic E-state index is 0.0457. The molecule has 3 aromatic rings. The first-order valence-electron chi connectivity index (χ1n) is 16.6. The van der Waals surface area contributed by atoms with E-state index in [1.165, 1.54) is 18.0 Å². The number of carbonyl (C=O) groups excluding carboxylic acids is 3. The van der Waals surface area contributed by atoms with Gasteiger partial charge in [-0.15, -0.1) is 0 Å². The Morgan fingerprint density at radius 2 is 1.58 bits per heavy atom. The summed E-state index contributed by atoms with van der Waals surface area (Å²) in [6.07, 6.45) is -10.8. The fraction of sp³-hybridized carbons (Fsp3) is 0.405. The number of ether oxygens (including phenoxy) is 2. The number of hydrogen-bond acceptors (Lipinski definition) is 6. The number of piperidine rings is 1. The molecule has 2 aliphatic heterocycles. The SMILES string of the molecule is CCNC(=O)C[C@]1(C2C=NNC2=O)CC[C@@](CO[C@H](C)c2cc(C(F)(F)F)cc(C(F)(F)F)c2)(c2ccccc2)N(C(=O)OCc2ccccc2)C1. The predicted octanol–water partition coefficient (Wildman–Crippen LogP) is 7.37. The molecular weight excluding hydrogens is 694 g/mol. The first kappa shape index (κ1) is 38.3. The number of benzene rings is 3. The normalized spacial score (nSPS) is 22.5. The van der Waals surface area contributed by atoms with Crippen LogP contribution in [0.4, 0.5) is 31.1 Å². The number of halogens is 6. The molecule has 0 aliphatic carbocycles. The summed E-state index contributed by atoms with van der Waals surface area (Å²) in [4.78, 5) is 42.0. The molecule has 2 heterocycles. The average Bonchev–Trinajstić information content (AvgIpc) is 3.56. The van der Waals surface area contributed by atoms with Gasteiger partial charge in [-0.1, -0.05) is 60.7 Å². The highest BCUT2D eigenvalue weighted by Crippen LogP contribution is 2.51. The summed E-state index contributed by atoms with van der Waals surface area (Å²) in [5.41, 5.74) is -2.31. The minimum Gasteiger partial charge on any atom is -0.445 e. The van der Waals surface area contributed by atoms with Gasteiger partial charge in [0.05, 0.1) is 35.3 Å². The molecule has 0 radical (unpaired) electrons. The third-order valence-electron chi connectivity index (χ3n) is 9.64. The standard InChI is InChI=1S/C37H38F6N4O5/c1-3-44-31(48)19-34(30-20-45-46-32(30)49)14-15-35(27-12-8-5-9-13-27,47(22-34)33(50)51-21-25-10-6-4-7-11-25)23-52-24(2)26-16-28(36(38,39)40)18-29(17-26)37(41,42)43/h4-13,16-18,20,24,30H,3,14-15,19,21-23H2,1-2H3,(H,44,48)(H,46,49)/t24-,30?,34-,35-/m1/s1. The molecule has 9 nitrogen and oxygen atoms in total. The van der Waals surface area contributed by atoms with Crippen molar-refractivity contribution in [1.29, 1.82) is 0 Å². The van der Waals surface area contributed by atoms with Crippen LogP contribution in [0.5, 0.6) is 0 Å². The van der Waals surface area contributed by atoms with Gasteiger partial charge in [0.15, 0.2) is 0 Å². The molecule has 0 spiro atoms. The van der Waals surface area contributed by atoms with Crippen LogP contribution in [0.25, 0.3) is 0 Å². The molecule has 0 aromatic heterocycles. The van der Waals surface area contributed by atoms with Gasteiger partial charge >= 0.3 is 18.4 Å². The zero-order valence-corrected chi connectivity index (χ0v) is 28.4. The van der Waals surface area contributed by atoms with Crippen LogP contribution < -0.4 is 10.7 Å². The van der Waals surface area contributed by atoms with Gasteiger partial charge in [-0.05, 0) is 61.6 Å². The number of alkyl halides is 6. The van der Waals surface area contributed by atoms with Gasteiger partial charge in [0.25, 0.3) is 0 Å². The quantitative estimate of drug-likeness (QED) is 0.200. The number of amides is 3. The number of likely N-dealkylation sites (tertiary alicyclic amines) is 1. The average molecular weight is 733 g/mol. The van der Waals surface area contributed by atoms with Crippen LogP contribution in [0, 0.1) is 11.3 Å². The van der Waals surface area contributed by atoms with E-state index in [2.05, 4.69) is 15.8 Å². The summed E-state index contributed by atoms with van der Waals surface area (Å²) >= 11 is 0. The zero-order chi connectivity index (χ0) is 37.7. The van der Waals surface area contributed by atoms with Crippen molar-refractivity contribution in [2.24, 2.45) is 16.4 Å². The molecule has 2 aliphatic rings. The molecule has 4 atom stereocenters. The molecule has 5 rings (SSSR count). The maximum Gasteiger partial charge on any atom is 0.416 e. The molecule has 1 saturated heterocycles. The molecule has 15 heteroatoms. The highest BCUT2D eigenvalue weighted by atomic mass is 19.4. The molecule has 278 valence electrons. The summed E-state index contributed by atoms with van der Waals surface area (Å²) in [5.74, 6) is -1.75. The van der Waals surface area contributed by atoms with E-state index in [0.717, 1.165) is 0 Å². The largest absolute Gasteiger partial charge is 0.445 e. The lowest BCUT2D eigenvalue weighted by Crippen LogP contribution is -2.63. The molecule has 0 saturated carbocycles. The van der Waals surface area contributed by atoms with Crippen molar-refractivity contribution >= 4 is 24.1 Å². The van der Waals surface area contributed by atoms with Gasteiger partial charge in [0.1, 0.15) is 6.61 Å². The van der Waals surface area contributed by atoms with Gasteiger partial charge in [-0.3, -0.25) is 14.5 Å². The number of hydrazone groups is 1. The van der Waals surface area contributed by atoms with Crippen LogP contribution in [0.15, 0.2) is 84.0 Å². The lowest BCUT2D eigenvalue weighted by atomic mass is 9.63. The van der Waals surface area contributed by atoms with Crippen LogP contribution in [0.3, 0.4) is 0 Å². The van der Waals surface area contributed by atoms with Gasteiger partial charge < -0.3 is 14.8 Å². The van der Waals surface area contributed by atoms with Crippen LogP contribution >= 0.6 is 0 Å². The third kappa shape index (κ3) is 8.41. The second-order valence-corrected chi connectivity index (χ2v) is 13.0. The van der Waals surface area contributed by atoms with Gasteiger partial charge in [-0.2, -0.15) is 31.4 Å². The van der Waals surface area contributed by atoms with Crippen molar-refractivity contribution in [3.05, 3.63) is 107 Å². The van der Waals surface area contributed by atoms with Crippen LogP contribution in [-0.2, 0) is 43.6 Å². The molecule has 3 aromatic carbocycles. The van der Waals surface area contributed by atoms with Crippen molar-refractivity contribution in [1.82, 2.24) is 15.6 Å². The van der Waals surface area contributed by atoms with E-state index in [-0.39, 0.29) is 50.0 Å². The van der Waals surface area contributed by atoms with Crippen molar-refractivity contribution in [2.45, 2.75) is 63.7 Å². The van der Waals surface area contributed by atoms with E-state index in [9.17, 15) is 40.7 Å². The maximum absolute atomic E-state index is 14.3. The van der Waals surface area contributed by atoms with Crippen LogP contribution in [-0.4, -0.2) is 48.7 Å². The van der Waals surface area contributed by atoms with E-state index < -0.39 is 65.1 Å². The second-order valence-electron chi connectivity index (χ2n) is 13.0. The molecular formula is C37H38F6N4O5. The second kappa shape index (κ2) is 15.4. The highest BCUT2D eigenvalue weighted by Gasteiger charge is 2.57. The smallest absolute Gasteiger partial charge is 0.416 e. The molecule has 1 unspecified atom stereocenters. The Bertz CT molecular complexity index is 1740. The number of hydrogen-bond donors (Lipinski definition) is 2. The molecule has 2 N–H and O–H groups in total. The van der Waals surface area contributed by atoms with Crippen LogP contribution in [0.1, 0.15) is 67.0 Å². The molecule has 1 fully saturated rings. The highest BCUT2D eigenvalue weighted by molar-refractivity contribution is 5.99. The fourth-order valence-corrected chi connectivity index (χ4v) is 6.86. The number of nitrogens with one attached hydrogen (secondary N) is 2. The summed E-state index contributed by atoms with van der Waals surface area (Å²) in [5, 5.41) is 6.68. The topological polar surface area (TPSA) is 109 Å². The van der Waals surface area contributed by atoms with Crippen molar-refractivity contribution in [2.75, 3.05) is 19.7 Å². The van der Waals surface area contributed by atoms with Crippen molar-refractivity contribution in [3.63, 3.8) is 0 Å². The van der Waals surface area contributed by atoms with Crippen LogP contribution in [0.2, 0.25) is 0 Å². The van der Waals surface area contributed by atoms with Gasteiger partial charge in [-0.25, -0.2) is 10.2 Å². The number of nitrogens with zero attached hydrogens (tertiary/aromatic N) is 2. The van der Waals surface area contributed by atoms with E-state index in [4.69, 9.17) is 9.47 Å². The van der Waals surface area contributed by atoms with E-state index >= 15 is 0 Å². The third-order valence-corrected chi connectivity index (χ3v) is 9.64. The first-order valence-corrected chi connectivity index (χ1v) is 16.6. The summed E-state index contributed by atoms with van der Waals surface area (Å²) < 4.78 is 94.4. The Kier molecular flexibility index (Phi) is 11.3.